The molecule has 0 spiro atoms. The third kappa shape index (κ3) is 2.73. The summed E-state index contributed by atoms with van der Waals surface area (Å²) in [6.45, 7) is 1.99. The summed E-state index contributed by atoms with van der Waals surface area (Å²) in [5.41, 5.74) is 2.59. The first-order valence-electron chi connectivity index (χ1n) is 5.66. The van der Waals surface area contributed by atoms with Crippen LogP contribution < -0.4 is 0 Å². The van der Waals surface area contributed by atoms with Gasteiger partial charge in [0.15, 0.2) is 0 Å². The van der Waals surface area contributed by atoms with Crippen LogP contribution in [0.5, 0.6) is 0 Å². The molecule has 2 atom stereocenters. The van der Waals surface area contributed by atoms with E-state index in [0.717, 1.165) is 16.7 Å². The molecule has 0 aromatic heterocycles. The van der Waals surface area contributed by atoms with E-state index in [0.29, 0.717) is 0 Å². The van der Waals surface area contributed by atoms with Crippen molar-refractivity contribution in [1.82, 2.24) is 0 Å². The summed E-state index contributed by atoms with van der Waals surface area (Å²) in [5, 5.41) is 20.1. The van der Waals surface area contributed by atoms with Crippen molar-refractivity contribution in [3.05, 3.63) is 71.3 Å². The molecule has 17 heavy (non-hydrogen) atoms. The minimum absolute atomic E-state index is 0.723. The SMILES string of the molecule is Cc1ccc(C(O)C(O)c2ccccc2)cc1. The molecule has 0 saturated heterocycles. The molecule has 0 radical (unpaired) electrons. The van der Waals surface area contributed by atoms with E-state index in [2.05, 4.69) is 0 Å². The maximum absolute atomic E-state index is 10.1. The average molecular weight is 228 g/mol. The summed E-state index contributed by atoms with van der Waals surface area (Å²) < 4.78 is 0. The standard InChI is InChI=1S/C15H16O2/c1-11-7-9-13(10-8-11)15(17)14(16)12-5-3-2-4-6-12/h2-10,14-17H,1H3. The highest BCUT2D eigenvalue weighted by Crippen LogP contribution is 2.28. The predicted molar refractivity (Wildman–Crippen MR) is 67.5 cm³/mol. The molecule has 0 bridgehead atoms. The van der Waals surface area contributed by atoms with E-state index in [1.807, 2.05) is 61.5 Å². The van der Waals surface area contributed by atoms with Crippen molar-refractivity contribution < 1.29 is 10.2 Å². The van der Waals surface area contributed by atoms with Crippen molar-refractivity contribution in [3.8, 4) is 0 Å². The Labute approximate surface area is 101 Å². The van der Waals surface area contributed by atoms with Gasteiger partial charge in [0.2, 0.25) is 0 Å². The zero-order valence-corrected chi connectivity index (χ0v) is 9.75. The quantitative estimate of drug-likeness (QED) is 0.848. The lowest BCUT2D eigenvalue weighted by Crippen LogP contribution is -2.10. The second-order valence-corrected chi connectivity index (χ2v) is 4.21. The first kappa shape index (κ1) is 11.8. The van der Waals surface area contributed by atoms with Crippen LogP contribution in [0.2, 0.25) is 0 Å². The Bertz CT molecular complexity index is 462. The summed E-state index contributed by atoms with van der Waals surface area (Å²) >= 11 is 0. The van der Waals surface area contributed by atoms with E-state index in [-0.39, 0.29) is 0 Å². The van der Waals surface area contributed by atoms with E-state index in [1.54, 1.807) is 0 Å². The summed E-state index contributed by atoms with van der Waals surface area (Å²) in [7, 11) is 0. The van der Waals surface area contributed by atoms with Crippen molar-refractivity contribution in [2.75, 3.05) is 0 Å². The normalized spacial score (nSPS) is 14.3. The molecule has 0 amide bonds. The van der Waals surface area contributed by atoms with Crippen molar-refractivity contribution in [2.45, 2.75) is 19.1 Å². The zero-order chi connectivity index (χ0) is 12.3. The van der Waals surface area contributed by atoms with Gasteiger partial charge in [-0.15, -0.1) is 0 Å². The first-order chi connectivity index (χ1) is 8.18. The molecule has 0 aliphatic rings. The van der Waals surface area contributed by atoms with Gasteiger partial charge in [-0.1, -0.05) is 60.2 Å². The molecule has 0 aliphatic carbocycles. The molecule has 0 heterocycles. The van der Waals surface area contributed by atoms with Gasteiger partial charge < -0.3 is 10.2 Å². The monoisotopic (exact) mass is 228 g/mol. The molecule has 0 aliphatic heterocycles. The third-order valence-corrected chi connectivity index (χ3v) is 2.86. The molecule has 88 valence electrons. The number of hydrogen-bond donors (Lipinski definition) is 2. The molecule has 2 aromatic rings. The minimum Gasteiger partial charge on any atom is -0.385 e. The van der Waals surface area contributed by atoms with Crippen LogP contribution in [-0.4, -0.2) is 10.2 Å². The highest BCUT2D eigenvalue weighted by atomic mass is 16.3. The fraction of sp³-hybridized carbons (Fsp3) is 0.200. The van der Waals surface area contributed by atoms with Crippen molar-refractivity contribution in [1.29, 1.82) is 0 Å². The Hall–Kier alpha value is -1.64. The first-order valence-corrected chi connectivity index (χ1v) is 5.66. The van der Waals surface area contributed by atoms with Gasteiger partial charge in [-0.3, -0.25) is 0 Å². The lowest BCUT2D eigenvalue weighted by atomic mass is 9.98. The number of aliphatic hydroxyl groups is 2. The van der Waals surface area contributed by atoms with Crippen molar-refractivity contribution in [2.24, 2.45) is 0 Å². The third-order valence-electron chi connectivity index (χ3n) is 2.86. The summed E-state index contributed by atoms with van der Waals surface area (Å²) in [4.78, 5) is 0. The van der Waals surface area contributed by atoms with Gasteiger partial charge in [0, 0.05) is 0 Å². The number of rotatable bonds is 3. The van der Waals surface area contributed by atoms with Crippen LogP contribution in [0.1, 0.15) is 28.9 Å². The lowest BCUT2D eigenvalue weighted by Gasteiger charge is -2.18. The highest BCUT2D eigenvalue weighted by molar-refractivity contribution is 5.27. The molecular formula is C15H16O2. The Kier molecular flexibility index (Phi) is 3.57. The lowest BCUT2D eigenvalue weighted by molar-refractivity contribution is 0.0172. The largest absolute Gasteiger partial charge is 0.385 e. The number of aliphatic hydroxyl groups excluding tert-OH is 2. The second-order valence-electron chi connectivity index (χ2n) is 4.21. The summed E-state index contributed by atoms with van der Waals surface area (Å²) in [6, 6.07) is 16.7. The van der Waals surface area contributed by atoms with Crippen LogP contribution in [0.3, 0.4) is 0 Å². The minimum atomic E-state index is -0.891. The Morgan fingerprint density at radius 2 is 1.18 bits per heavy atom. The van der Waals surface area contributed by atoms with Crippen LogP contribution >= 0.6 is 0 Å². The smallest absolute Gasteiger partial charge is 0.109 e. The van der Waals surface area contributed by atoms with Gasteiger partial charge in [-0.05, 0) is 18.1 Å². The van der Waals surface area contributed by atoms with E-state index in [1.165, 1.54) is 0 Å². The Morgan fingerprint density at radius 1 is 0.706 bits per heavy atom. The van der Waals surface area contributed by atoms with Gasteiger partial charge in [0.1, 0.15) is 12.2 Å². The maximum Gasteiger partial charge on any atom is 0.109 e. The van der Waals surface area contributed by atoms with Crippen LogP contribution in [0.25, 0.3) is 0 Å². The molecule has 2 N–H and O–H groups in total. The van der Waals surface area contributed by atoms with Crippen LogP contribution in [-0.2, 0) is 0 Å². The fourth-order valence-corrected chi connectivity index (χ4v) is 1.78. The van der Waals surface area contributed by atoms with Crippen LogP contribution in [0.4, 0.5) is 0 Å². The van der Waals surface area contributed by atoms with E-state index in [9.17, 15) is 10.2 Å². The average Bonchev–Trinajstić information content (AvgIpc) is 2.39. The van der Waals surface area contributed by atoms with Crippen molar-refractivity contribution in [3.63, 3.8) is 0 Å². The van der Waals surface area contributed by atoms with Crippen molar-refractivity contribution >= 4 is 0 Å². The predicted octanol–water partition coefficient (Wildman–Crippen LogP) is 2.76. The molecule has 2 nitrogen and oxygen atoms in total. The van der Waals surface area contributed by atoms with E-state index in [4.69, 9.17) is 0 Å². The van der Waals surface area contributed by atoms with Crippen LogP contribution in [0, 0.1) is 6.92 Å². The maximum atomic E-state index is 10.1. The van der Waals surface area contributed by atoms with Gasteiger partial charge in [0.25, 0.3) is 0 Å². The van der Waals surface area contributed by atoms with Gasteiger partial charge >= 0.3 is 0 Å². The molecule has 2 rings (SSSR count). The van der Waals surface area contributed by atoms with Crippen LogP contribution in [0.15, 0.2) is 54.6 Å². The number of benzene rings is 2. The Morgan fingerprint density at radius 3 is 1.71 bits per heavy atom. The molecule has 2 aromatic carbocycles. The Balaban J connectivity index is 2.20. The van der Waals surface area contributed by atoms with Gasteiger partial charge in [0.05, 0.1) is 0 Å². The molecule has 2 heteroatoms. The van der Waals surface area contributed by atoms with E-state index < -0.39 is 12.2 Å². The molecule has 0 fully saturated rings. The highest BCUT2D eigenvalue weighted by Gasteiger charge is 2.19. The fourth-order valence-electron chi connectivity index (χ4n) is 1.78. The molecule has 2 unspecified atom stereocenters. The number of hydrogen-bond acceptors (Lipinski definition) is 2. The second kappa shape index (κ2) is 5.13. The molecule has 0 saturated carbocycles. The zero-order valence-electron chi connectivity index (χ0n) is 9.75. The molecular weight excluding hydrogens is 212 g/mol. The topological polar surface area (TPSA) is 40.5 Å². The summed E-state index contributed by atoms with van der Waals surface area (Å²) in [5.74, 6) is 0. The number of aryl methyl sites for hydroxylation is 1. The van der Waals surface area contributed by atoms with Gasteiger partial charge in [-0.25, -0.2) is 0 Å². The van der Waals surface area contributed by atoms with E-state index >= 15 is 0 Å². The van der Waals surface area contributed by atoms with Gasteiger partial charge in [-0.2, -0.15) is 0 Å². The summed E-state index contributed by atoms with van der Waals surface area (Å²) in [6.07, 6.45) is -1.78.